The molecule has 1 unspecified atom stereocenters. The zero-order valence-corrected chi connectivity index (χ0v) is 13.6. The smallest absolute Gasteiger partial charge is 0.209 e. The van der Waals surface area contributed by atoms with E-state index in [2.05, 4.69) is 49.6 Å². The molecule has 3 nitrogen and oxygen atoms in total. The van der Waals surface area contributed by atoms with Crippen LogP contribution in [-0.4, -0.2) is 48.9 Å². The lowest BCUT2D eigenvalue weighted by Crippen LogP contribution is -2.45. The van der Waals surface area contributed by atoms with Gasteiger partial charge in [-0.25, -0.2) is 0 Å². The van der Waals surface area contributed by atoms with Gasteiger partial charge < -0.3 is 4.90 Å². The van der Waals surface area contributed by atoms with Gasteiger partial charge in [-0.2, -0.15) is 0 Å². The maximum Gasteiger partial charge on any atom is 0.209 e. The van der Waals surface area contributed by atoms with Crippen LogP contribution in [0.2, 0.25) is 0 Å². The van der Waals surface area contributed by atoms with E-state index in [0.717, 1.165) is 45.6 Å². The summed E-state index contributed by atoms with van der Waals surface area (Å²) < 4.78 is 0. The number of nitrogens with zero attached hydrogens (tertiary/aromatic N) is 2. The van der Waals surface area contributed by atoms with Gasteiger partial charge in [0.15, 0.2) is 0 Å². The molecule has 0 aromatic carbocycles. The molecule has 0 aromatic heterocycles. The molecule has 1 fully saturated rings. The zero-order chi connectivity index (χ0) is 15.5. The number of amides is 1. The Morgan fingerprint density at radius 1 is 1.24 bits per heavy atom. The molecule has 1 heterocycles. The molecule has 0 spiro atoms. The Balaban J connectivity index is 2.20. The van der Waals surface area contributed by atoms with E-state index in [1.807, 2.05) is 4.90 Å². The van der Waals surface area contributed by atoms with Gasteiger partial charge in [0.25, 0.3) is 0 Å². The normalized spacial score (nSPS) is 18.5. The van der Waals surface area contributed by atoms with Crippen molar-refractivity contribution in [2.24, 2.45) is 5.92 Å². The first kappa shape index (κ1) is 17.7. The van der Waals surface area contributed by atoms with Crippen molar-refractivity contribution in [3.8, 4) is 0 Å². The van der Waals surface area contributed by atoms with E-state index in [4.69, 9.17) is 0 Å². The van der Waals surface area contributed by atoms with Crippen LogP contribution in [0.1, 0.15) is 33.1 Å². The fourth-order valence-electron chi connectivity index (χ4n) is 2.34. The van der Waals surface area contributed by atoms with E-state index in [1.54, 1.807) is 0 Å². The predicted molar refractivity (Wildman–Crippen MR) is 90.2 cm³/mol. The van der Waals surface area contributed by atoms with Crippen molar-refractivity contribution in [3.63, 3.8) is 0 Å². The van der Waals surface area contributed by atoms with Crippen molar-refractivity contribution in [3.05, 3.63) is 36.5 Å². The fraction of sp³-hybridized carbons (Fsp3) is 0.611. The monoisotopic (exact) mass is 290 g/mol. The molecule has 0 N–H and O–H groups in total. The summed E-state index contributed by atoms with van der Waals surface area (Å²) in [4.78, 5) is 14.8. The molecule has 3 heteroatoms. The minimum Gasteiger partial charge on any atom is -0.343 e. The van der Waals surface area contributed by atoms with Crippen molar-refractivity contribution in [2.75, 3.05) is 32.7 Å². The number of hydrogen-bond acceptors (Lipinski definition) is 2. The molecule has 0 bridgehead atoms. The molecule has 1 aliphatic rings. The average Bonchev–Trinajstić information content (AvgIpc) is 2.52. The number of carbonyl (C=O) groups is 1. The third-order valence-electron chi connectivity index (χ3n) is 4.06. The quantitative estimate of drug-likeness (QED) is 0.370. The van der Waals surface area contributed by atoms with Crippen LogP contribution < -0.4 is 0 Å². The van der Waals surface area contributed by atoms with Crippen molar-refractivity contribution >= 4 is 6.41 Å². The summed E-state index contributed by atoms with van der Waals surface area (Å²) in [7, 11) is 0. The summed E-state index contributed by atoms with van der Waals surface area (Å²) in [6, 6.07) is 0. The number of rotatable bonds is 9. The Bertz CT molecular complexity index is 365. The van der Waals surface area contributed by atoms with Gasteiger partial charge in [-0.3, -0.25) is 9.69 Å². The molecule has 1 aliphatic heterocycles. The summed E-state index contributed by atoms with van der Waals surface area (Å²) in [5.74, 6) is 0.456. The third kappa shape index (κ3) is 7.28. The highest BCUT2D eigenvalue weighted by molar-refractivity contribution is 5.47. The van der Waals surface area contributed by atoms with Gasteiger partial charge in [0, 0.05) is 32.7 Å². The van der Waals surface area contributed by atoms with Crippen LogP contribution in [0.4, 0.5) is 0 Å². The van der Waals surface area contributed by atoms with E-state index < -0.39 is 0 Å². The lowest BCUT2D eigenvalue weighted by molar-refractivity contribution is -0.119. The topological polar surface area (TPSA) is 23.6 Å². The number of piperazine rings is 1. The minimum absolute atomic E-state index is 0.456. The average molecular weight is 290 g/mol. The predicted octanol–water partition coefficient (Wildman–Crippen LogP) is 3.26. The summed E-state index contributed by atoms with van der Waals surface area (Å²) in [6.07, 6.45) is 13.2. The molecule has 1 rings (SSSR count). The van der Waals surface area contributed by atoms with Gasteiger partial charge in [-0.1, -0.05) is 56.7 Å². The first-order chi connectivity index (χ1) is 10.2. The zero-order valence-electron chi connectivity index (χ0n) is 13.6. The lowest BCUT2D eigenvalue weighted by atomic mass is 9.97. The maximum atomic E-state index is 10.6. The molecule has 0 saturated carbocycles. The Morgan fingerprint density at radius 2 is 1.95 bits per heavy atom. The highest BCUT2D eigenvalue weighted by atomic mass is 16.1. The Kier molecular flexibility index (Phi) is 8.76. The first-order valence-electron chi connectivity index (χ1n) is 8.10. The second-order valence-corrected chi connectivity index (χ2v) is 5.81. The van der Waals surface area contributed by atoms with E-state index >= 15 is 0 Å². The van der Waals surface area contributed by atoms with Crippen LogP contribution in [0.3, 0.4) is 0 Å². The highest BCUT2D eigenvalue weighted by Gasteiger charge is 2.13. The fourth-order valence-corrected chi connectivity index (χ4v) is 2.34. The molecule has 0 aromatic rings. The summed E-state index contributed by atoms with van der Waals surface area (Å²) >= 11 is 0. The van der Waals surface area contributed by atoms with Crippen molar-refractivity contribution in [1.29, 1.82) is 0 Å². The second-order valence-electron chi connectivity index (χ2n) is 5.81. The molecular formula is C18H30N2O. The third-order valence-corrected chi connectivity index (χ3v) is 4.06. The molecule has 21 heavy (non-hydrogen) atoms. The largest absolute Gasteiger partial charge is 0.343 e. The van der Waals surface area contributed by atoms with Crippen LogP contribution in [0.5, 0.6) is 0 Å². The SMILES string of the molecule is C=C(CCCC)C(C)/C=C\C=C/CN1CCN(C=O)CC1. The maximum absolute atomic E-state index is 10.6. The van der Waals surface area contributed by atoms with Gasteiger partial charge >= 0.3 is 0 Å². The molecular weight excluding hydrogens is 260 g/mol. The van der Waals surface area contributed by atoms with E-state index in [1.165, 1.54) is 18.4 Å². The summed E-state index contributed by atoms with van der Waals surface area (Å²) in [5, 5.41) is 0. The Labute approximate surface area is 130 Å². The van der Waals surface area contributed by atoms with Gasteiger partial charge in [0.1, 0.15) is 0 Å². The highest BCUT2D eigenvalue weighted by Crippen LogP contribution is 2.16. The minimum atomic E-state index is 0.456. The van der Waals surface area contributed by atoms with Gasteiger partial charge in [0.2, 0.25) is 6.41 Å². The Morgan fingerprint density at radius 3 is 2.57 bits per heavy atom. The van der Waals surface area contributed by atoms with Crippen LogP contribution in [0.15, 0.2) is 36.5 Å². The van der Waals surface area contributed by atoms with Gasteiger partial charge in [-0.15, -0.1) is 0 Å². The molecule has 118 valence electrons. The van der Waals surface area contributed by atoms with Gasteiger partial charge in [0.05, 0.1) is 0 Å². The van der Waals surface area contributed by atoms with Crippen LogP contribution in [0.25, 0.3) is 0 Å². The molecule has 1 saturated heterocycles. The number of carbonyl (C=O) groups excluding carboxylic acids is 1. The first-order valence-corrected chi connectivity index (χ1v) is 8.10. The van der Waals surface area contributed by atoms with Gasteiger partial charge in [-0.05, 0) is 18.8 Å². The lowest BCUT2D eigenvalue weighted by Gasteiger charge is -2.31. The number of unbranched alkanes of at least 4 members (excludes halogenated alkanes) is 1. The van der Waals surface area contributed by atoms with E-state index in [9.17, 15) is 4.79 Å². The molecule has 1 atom stereocenters. The van der Waals surface area contributed by atoms with Crippen LogP contribution in [-0.2, 0) is 4.79 Å². The van der Waals surface area contributed by atoms with Crippen molar-refractivity contribution in [2.45, 2.75) is 33.1 Å². The summed E-state index contributed by atoms with van der Waals surface area (Å²) in [5.41, 5.74) is 1.33. The Hall–Kier alpha value is -1.35. The van der Waals surface area contributed by atoms with E-state index in [0.29, 0.717) is 5.92 Å². The van der Waals surface area contributed by atoms with Crippen molar-refractivity contribution < 1.29 is 4.79 Å². The van der Waals surface area contributed by atoms with E-state index in [-0.39, 0.29) is 0 Å². The molecule has 0 radical (unpaired) electrons. The molecule has 1 amide bonds. The standard InChI is InChI=1S/C18H30N2O/c1-4-5-9-17(2)18(3)10-7-6-8-11-19-12-14-20(16-21)15-13-19/h6-8,10,16,18H,2,4-5,9,11-15H2,1,3H3/b8-6-,10-7-. The van der Waals surface area contributed by atoms with Crippen LogP contribution >= 0.6 is 0 Å². The van der Waals surface area contributed by atoms with Crippen LogP contribution in [0, 0.1) is 5.92 Å². The number of allylic oxidation sites excluding steroid dienone is 4. The van der Waals surface area contributed by atoms with Crippen molar-refractivity contribution in [1.82, 2.24) is 9.80 Å². The molecule has 0 aliphatic carbocycles. The second kappa shape index (κ2) is 10.4. The summed E-state index contributed by atoms with van der Waals surface area (Å²) in [6.45, 7) is 13.2. The number of hydrogen-bond donors (Lipinski definition) is 0.